The monoisotopic (exact) mass is 356 g/mol. The zero-order chi connectivity index (χ0) is 17.6. The number of halogens is 1. The van der Waals surface area contributed by atoms with Crippen LogP contribution in [0.25, 0.3) is 5.57 Å². The Balaban J connectivity index is 1.62. The largest absolute Gasteiger partial charge is 0.489 e. The Morgan fingerprint density at radius 1 is 1.04 bits per heavy atom. The van der Waals surface area contributed by atoms with Gasteiger partial charge in [0.25, 0.3) is 0 Å². The summed E-state index contributed by atoms with van der Waals surface area (Å²) in [6.45, 7) is 0.590. The Morgan fingerprint density at radius 2 is 1.76 bits per heavy atom. The summed E-state index contributed by atoms with van der Waals surface area (Å²) in [4.78, 5) is 10.6. The van der Waals surface area contributed by atoms with E-state index in [9.17, 15) is 4.79 Å². The summed E-state index contributed by atoms with van der Waals surface area (Å²) in [5.41, 5.74) is 4.95. The van der Waals surface area contributed by atoms with E-state index in [2.05, 4.69) is 12.1 Å². The van der Waals surface area contributed by atoms with Crippen LogP contribution >= 0.6 is 11.6 Å². The molecule has 0 spiro atoms. The molecule has 25 heavy (non-hydrogen) atoms. The third-order valence-corrected chi connectivity index (χ3v) is 4.74. The molecule has 0 aliphatic heterocycles. The molecule has 0 bridgehead atoms. The predicted molar refractivity (Wildman–Crippen MR) is 100 cm³/mol. The van der Waals surface area contributed by atoms with Crippen LogP contribution in [-0.4, -0.2) is 17.7 Å². The zero-order valence-electron chi connectivity index (χ0n) is 14.0. The number of allylic oxidation sites excluding steroid dienone is 1. The van der Waals surface area contributed by atoms with Gasteiger partial charge in [-0.15, -0.1) is 0 Å². The molecule has 0 radical (unpaired) electrons. The van der Waals surface area contributed by atoms with Crippen molar-refractivity contribution in [3.8, 4) is 5.75 Å². The summed E-state index contributed by atoms with van der Waals surface area (Å²) in [5, 5.41) is 9.48. The zero-order valence-corrected chi connectivity index (χ0v) is 14.8. The molecular formula is C21H21ClO3. The highest BCUT2D eigenvalue weighted by molar-refractivity contribution is 6.30. The molecule has 0 unspecified atom stereocenters. The van der Waals surface area contributed by atoms with Gasteiger partial charge in [0.1, 0.15) is 12.4 Å². The first-order valence-electron chi connectivity index (χ1n) is 8.52. The number of rotatable bonds is 7. The topological polar surface area (TPSA) is 46.5 Å². The van der Waals surface area contributed by atoms with Crippen LogP contribution < -0.4 is 4.74 Å². The lowest BCUT2D eigenvalue weighted by Gasteiger charge is -2.11. The molecule has 1 aliphatic rings. The number of carboxylic acids is 1. The van der Waals surface area contributed by atoms with Gasteiger partial charge >= 0.3 is 5.97 Å². The molecular weight excluding hydrogens is 336 g/mol. The van der Waals surface area contributed by atoms with Crippen molar-refractivity contribution >= 4 is 23.1 Å². The Kier molecular flexibility index (Phi) is 5.77. The first kappa shape index (κ1) is 17.6. The third kappa shape index (κ3) is 4.86. The Labute approximate surface area is 152 Å². The standard InChI is InChI=1S/C21H21ClO3/c22-18-9-7-16(8-10-18)20-3-1-2-17(20)14-25-19-11-4-15(5-12-19)6-13-21(23)24/h4-5,7-12H,1-3,6,13-14H2,(H,23,24). The maximum Gasteiger partial charge on any atom is 0.303 e. The van der Waals surface area contributed by atoms with Crippen LogP contribution in [0, 0.1) is 0 Å². The number of carbonyl (C=O) groups is 1. The second-order valence-electron chi connectivity index (χ2n) is 6.27. The lowest BCUT2D eigenvalue weighted by molar-refractivity contribution is -0.136. The molecule has 0 saturated heterocycles. The minimum Gasteiger partial charge on any atom is -0.489 e. The molecule has 0 saturated carbocycles. The highest BCUT2D eigenvalue weighted by atomic mass is 35.5. The van der Waals surface area contributed by atoms with E-state index in [4.69, 9.17) is 21.4 Å². The van der Waals surface area contributed by atoms with Crippen molar-refractivity contribution in [2.24, 2.45) is 0 Å². The summed E-state index contributed by atoms with van der Waals surface area (Å²) >= 11 is 5.98. The number of aliphatic carboxylic acids is 1. The van der Waals surface area contributed by atoms with Gasteiger partial charge in [-0.3, -0.25) is 4.79 Å². The van der Waals surface area contributed by atoms with Crippen LogP contribution in [0.4, 0.5) is 0 Å². The van der Waals surface area contributed by atoms with Crippen molar-refractivity contribution in [2.45, 2.75) is 32.1 Å². The predicted octanol–water partition coefficient (Wildman–Crippen LogP) is 5.37. The van der Waals surface area contributed by atoms with Crippen LogP contribution in [0.3, 0.4) is 0 Å². The van der Waals surface area contributed by atoms with Crippen LogP contribution in [0.1, 0.15) is 36.8 Å². The van der Waals surface area contributed by atoms with Crippen LogP contribution in [-0.2, 0) is 11.2 Å². The van der Waals surface area contributed by atoms with Crippen molar-refractivity contribution in [3.63, 3.8) is 0 Å². The highest BCUT2D eigenvalue weighted by Crippen LogP contribution is 2.34. The van der Waals surface area contributed by atoms with E-state index in [0.717, 1.165) is 35.6 Å². The van der Waals surface area contributed by atoms with Crippen molar-refractivity contribution in [1.82, 2.24) is 0 Å². The average molecular weight is 357 g/mol. The van der Waals surface area contributed by atoms with E-state index in [0.29, 0.717) is 13.0 Å². The summed E-state index contributed by atoms with van der Waals surface area (Å²) in [6.07, 6.45) is 3.99. The molecule has 1 N–H and O–H groups in total. The second kappa shape index (κ2) is 8.21. The second-order valence-corrected chi connectivity index (χ2v) is 6.71. The van der Waals surface area contributed by atoms with E-state index in [1.54, 1.807) is 0 Å². The van der Waals surface area contributed by atoms with Crippen LogP contribution in [0.15, 0.2) is 54.1 Å². The lowest BCUT2D eigenvalue weighted by atomic mass is 10.0. The van der Waals surface area contributed by atoms with Gasteiger partial charge in [-0.25, -0.2) is 0 Å². The first-order valence-corrected chi connectivity index (χ1v) is 8.90. The summed E-state index contributed by atoms with van der Waals surface area (Å²) < 4.78 is 5.95. The minimum atomic E-state index is -0.775. The van der Waals surface area contributed by atoms with Crippen LogP contribution in [0.5, 0.6) is 5.75 Å². The molecule has 3 nitrogen and oxygen atoms in total. The SMILES string of the molecule is O=C(O)CCc1ccc(OCC2=C(c3ccc(Cl)cc3)CCC2)cc1. The summed E-state index contributed by atoms with van der Waals surface area (Å²) in [5.74, 6) is 0.0390. The van der Waals surface area contributed by atoms with E-state index in [-0.39, 0.29) is 6.42 Å². The molecule has 0 amide bonds. The lowest BCUT2D eigenvalue weighted by Crippen LogP contribution is -2.02. The van der Waals surface area contributed by atoms with Gasteiger partial charge < -0.3 is 9.84 Å². The van der Waals surface area contributed by atoms with E-state index in [1.807, 2.05) is 36.4 Å². The Morgan fingerprint density at radius 3 is 2.44 bits per heavy atom. The van der Waals surface area contributed by atoms with Crippen LogP contribution in [0.2, 0.25) is 5.02 Å². The summed E-state index contributed by atoms with van der Waals surface area (Å²) in [6, 6.07) is 15.7. The van der Waals surface area contributed by atoms with Crippen molar-refractivity contribution in [3.05, 3.63) is 70.3 Å². The molecule has 2 aromatic rings. The molecule has 4 heteroatoms. The quantitative estimate of drug-likeness (QED) is 0.725. The molecule has 0 aromatic heterocycles. The highest BCUT2D eigenvalue weighted by Gasteiger charge is 2.16. The molecule has 2 aromatic carbocycles. The van der Waals surface area contributed by atoms with Crippen molar-refractivity contribution < 1.29 is 14.6 Å². The number of carboxylic acid groups (broad SMARTS) is 1. The molecule has 0 atom stereocenters. The minimum absolute atomic E-state index is 0.150. The normalized spacial score (nSPS) is 14.0. The number of ether oxygens (including phenoxy) is 1. The fourth-order valence-corrected chi connectivity index (χ4v) is 3.27. The summed E-state index contributed by atoms with van der Waals surface area (Å²) in [7, 11) is 0. The fourth-order valence-electron chi connectivity index (χ4n) is 3.14. The maximum atomic E-state index is 10.6. The molecule has 0 fully saturated rings. The number of hydrogen-bond acceptors (Lipinski definition) is 2. The van der Waals surface area contributed by atoms with E-state index < -0.39 is 5.97 Å². The van der Waals surface area contributed by atoms with Gasteiger partial charge in [0.05, 0.1) is 0 Å². The molecule has 130 valence electrons. The Hall–Kier alpha value is -2.26. The molecule has 3 rings (SSSR count). The van der Waals surface area contributed by atoms with Gasteiger partial charge in [0.15, 0.2) is 0 Å². The smallest absolute Gasteiger partial charge is 0.303 e. The number of hydrogen-bond donors (Lipinski definition) is 1. The van der Waals surface area contributed by atoms with Gasteiger partial charge in [0, 0.05) is 11.4 Å². The van der Waals surface area contributed by atoms with Gasteiger partial charge in [-0.05, 0) is 72.2 Å². The number of benzene rings is 2. The van der Waals surface area contributed by atoms with Gasteiger partial charge in [0.2, 0.25) is 0 Å². The fraction of sp³-hybridized carbons (Fsp3) is 0.286. The van der Waals surface area contributed by atoms with E-state index >= 15 is 0 Å². The first-order chi connectivity index (χ1) is 12.1. The average Bonchev–Trinajstić information content (AvgIpc) is 3.08. The molecule has 0 heterocycles. The van der Waals surface area contributed by atoms with Gasteiger partial charge in [-0.1, -0.05) is 35.9 Å². The van der Waals surface area contributed by atoms with E-state index in [1.165, 1.54) is 16.7 Å². The van der Waals surface area contributed by atoms with Gasteiger partial charge in [-0.2, -0.15) is 0 Å². The maximum absolute atomic E-state index is 10.6. The third-order valence-electron chi connectivity index (χ3n) is 4.49. The number of aryl methyl sites for hydroxylation is 1. The Bertz CT molecular complexity index is 761. The molecule has 1 aliphatic carbocycles. The van der Waals surface area contributed by atoms with Crippen molar-refractivity contribution in [2.75, 3.05) is 6.61 Å². The van der Waals surface area contributed by atoms with Crippen molar-refractivity contribution in [1.29, 1.82) is 0 Å².